The maximum Gasteiger partial charge on any atom is 0.337 e. The predicted octanol–water partition coefficient (Wildman–Crippen LogP) is 3.25. The van der Waals surface area contributed by atoms with Gasteiger partial charge >= 0.3 is 5.97 Å². The molecule has 0 radical (unpaired) electrons. The van der Waals surface area contributed by atoms with E-state index in [4.69, 9.17) is 5.11 Å². The van der Waals surface area contributed by atoms with Gasteiger partial charge < -0.3 is 9.67 Å². The summed E-state index contributed by atoms with van der Waals surface area (Å²) in [6.45, 7) is 2.08. The zero-order valence-electron chi connectivity index (χ0n) is 11.3. The van der Waals surface area contributed by atoms with Crippen molar-refractivity contribution in [2.24, 2.45) is 7.05 Å². The van der Waals surface area contributed by atoms with E-state index in [-0.39, 0.29) is 5.56 Å². The molecule has 0 bridgehead atoms. The van der Waals surface area contributed by atoms with Gasteiger partial charge in [0.1, 0.15) is 0 Å². The molecule has 0 spiro atoms. The van der Waals surface area contributed by atoms with Crippen LogP contribution in [0.2, 0.25) is 0 Å². The highest BCUT2D eigenvalue weighted by Gasteiger charge is 2.11. The number of rotatable bonds is 2. The van der Waals surface area contributed by atoms with E-state index in [1.54, 1.807) is 12.1 Å². The van der Waals surface area contributed by atoms with E-state index in [0.717, 1.165) is 16.9 Å². The molecule has 0 amide bonds. The number of aromatic carboxylic acids is 1. The number of hydrogen-bond acceptors (Lipinski definition) is 2. The highest BCUT2D eigenvalue weighted by atomic mass is 16.4. The molecule has 0 aliphatic rings. The number of hydrogen-bond donors (Lipinski definition) is 1. The van der Waals surface area contributed by atoms with Gasteiger partial charge in [-0.2, -0.15) is 0 Å². The Kier molecular flexibility index (Phi) is 2.79. The lowest BCUT2D eigenvalue weighted by molar-refractivity contribution is 0.0696. The Morgan fingerprint density at radius 1 is 1.25 bits per heavy atom. The SMILES string of the molecule is Cc1cccc2c1cc(-c1ccc(C(=O)O)cn1)n2C. The van der Waals surface area contributed by atoms with Crippen molar-refractivity contribution >= 4 is 16.9 Å². The predicted molar refractivity (Wildman–Crippen MR) is 77.8 cm³/mol. The number of carboxylic acids is 1. The molecule has 20 heavy (non-hydrogen) atoms. The van der Waals surface area contributed by atoms with Gasteiger partial charge in [0.05, 0.1) is 17.0 Å². The maximum atomic E-state index is 10.9. The van der Waals surface area contributed by atoms with Gasteiger partial charge in [-0.3, -0.25) is 4.98 Å². The van der Waals surface area contributed by atoms with Crippen LogP contribution in [0, 0.1) is 6.92 Å². The third-order valence-corrected chi connectivity index (χ3v) is 3.58. The zero-order chi connectivity index (χ0) is 14.3. The molecule has 0 unspecified atom stereocenters. The average molecular weight is 266 g/mol. The molecule has 0 aliphatic carbocycles. The first-order valence-corrected chi connectivity index (χ1v) is 6.32. The molecule has 2 heterocycles. The molecule has 0 saturated carbocycles. The average Bonchev–Trinajstić information content (AvgIpc) is 2.78. The zero-order valence-corrected chi connectivity index (χ0v) is 11.3. The lowest BCUT2D eigenvalue weighted by Crippen LogP contribution is -1.98. The molecule has 1 aromatic carbocycles. The van der Waals surface area contributed by atoms with Gasteiger partial charge in [-0.25, -0.2) is 4.79 Å². The van der Waals surface area contributed by atoms with Crippen LogP contribution < -0.4 is 0 Å². The standard InChI is InChI=1S/C16H14N2O2/c1-10-4-3-5-14-12(10)8-15(18(14)2)13-7-6-11(9-17-13)16(19)20/h3-9H,1-2H3,(H,19,20). The number of aryl methyl sites for hydroxylation is 2. The van der Waals surface area contributed by atoms with E-state index >= 15 is 0 Å². The van der Waals surface area contributed by atoms with Crippen LogP contribution in [0.15, 0.2) is 42.6 Å². The molecule has 3 aromatic rings. The Bertz CT molecular complexity index is 801. The van der Waals surface area contributed by atoms with Crippen molar-refractivity contribution in [1.29, 1.82) is 0 Å². The summed E-state index contributed by atoms with van der Waals surface area (Å²) in [5.74, 6) is -0.961. The van der Waals surface area contributed by atoms with E-state index in [2.05, 4.69) is 34.7 Å². The minimum absolute atomic E-state index is 0.198. The summed E-state index contributed by atoms with van der Waals surface area (Å²) in [5.41, 5.74) is 4.30. The summed E-state index contributed by atoms with van der Waals surface area (Å²) in [6, 6.07) is 11.6. The Labute approximate surface area is 116 Å². The molecule has 0 aliphatic heterocycles. The first-order valence-electron chi connectivity index (χ1n) is 6.32. The molecular formula is C16H14N2O2. The second-order valence-electron chi connectivity index (χ2n) is 4.83. The molecular weight excluding hydrogens is 252 g/mol. The van der Waals surface area contributed by atoms with Crippen molar-refractivity contribution in [2.45, 2.75) is 6.92 Å². The summed E-state index contributed by atoms with van der Waals surface area (Å²) < 4.78 is 2.07. The minimum atomic E-state index is -0.961. The Morgan fingerprint density at radius 2 is 2.05 bits per heavy atom. The number of nitrogens with zero attached hydrogens (tertiary/aromatic N) is 2. The first kappa shape index (κ1) is 12.4. The van der Waals surface area contributed by atoms with Crippen LogP contribution in [0.3, 0.4) is 0 Å². The second-order valence-corrected chi connectivity index (χ2v) is 4.83. The fourth-order valence-electron chi connectivity index (χ4n) is 2.43. The van der Waals surface area contributed by atoms with E-state index in [0.29, 0.717) is 0 Å². The topological polar surface area (TPSA) is 55.1 Å². The van der Waals surface area contributed by atoms with Crippen LogP contribution in [0.25, 0.3) is 22.3 Å². The van der Waals surface area contributed by atoms with Crippen LogP contribution in [0.1, 0.15) is 15.9 Å². The van der Waals surface area contributed by atoms with Crippen molar-refractivity contribution in [3.63, 3.8) is 0 Å². The quantitative estimate of drug-likeness (QED) is 0.774. The Balaban J connectivity index is 2.17. The maximum absolute atomic E-state index is 10.9. The summed E-state index contributed by atoms with van der Waals surface area (Å²) >= 11 is 0. The molecule has 0 saturated heterocycles. The van der Waals surface area contributed by atoms with Gasteiger partial charge in [-0.15, -0.1) is 0 Å². The van der Waals surface area contributed by atoms with E-state index < -0.39 is 5.97 Å². The molecule has 1 N–H and O–H groups in total. The lowest BCUT2D eigenvalue weighted by Gasteiger charge is -2.04. The Hall–Kier alpha value is -2.62. The van der Waals surface area contributed by atoms with E-state index in [1.807, 2.05) is 13.1 Å². The van der Waals surface area contributed by atoms with Crippen molar-refractivity contribution in [3.05, 3.63) is 53.7 Å². The van der Waals surface area contributed by atoms with Gasteiger partial charge in [0.2, 0.25) is 0 Å². The van der Waals surface area contributed by atoms with Crippen LogP contribution in [0.4, 0.5) is 0 Å². The normalized spacial score (nSPS) is 10.9. The number of benzene rings is 1. The monoisotopic (exact) mass is 266 g/mol. The number of fused-ring (bicyclic) bond motifs is 1. The van der Waals surface area contributed by atoms with Crippen molar-refractivity contribution in [1.82, 2.24) is 9.55 Å². The highest BCUT2D eigenvalue weighted by Crippen LogP contribution is 2.28. The number of pyridine rings is 1. The largest absolute Gasteiger partial charge is 0.478 e. The van der Waals surface area contributed by atoms with Gasteiger partial charge in [0.15, 0.2) is 0 Å². The molecule has 4 nitrogen and oxygen atoms in total. The molecule has 0 fully saturated rings. The summed E-state index contributed by atoms with van der Waals surface area (Å²) in [5, 5.41) is 10.1. The lowest BCUT2D eigenvalue weighted by atomic mass is 10.1. The number of carboxylic acid groups (broad SMARTS) is 1. The van der Waals surface area contributed by atoms with Crippen molar-refractivity contribution in [2.75, 3.05) is 0 Å². The molecule has 0 atom stereocenters. The van der Waals surface area contributed by atoms with Crippen LogP contribution in [-0.2, 0) is 7.05 Å². The fourth-order valence-corrected chi connectivity index (χ4v) is 2.43. The van der Waals surface area contributed by atoms with Gasteiger partial charge in [-0.1, -0.05) is 12.1 Å². The highest BCUT2D eigenvalue weighted by molar-refractivity contribution is 5.90. The van der Waals surface area contributed by atoms with E-state index in [1.165, 1.54) is 17.1 Å². The fraction of sp³-hybridized carbons (Fsp3) is 0.125. The van der Waals surface area contributed by atoms with Gasteiger partial charge in [0.25, 0.3) is 0 Å². The van der Waals surface area contributed by atoms with Crippen molar-refractivity contribution < 1.29 is 9.90 Å². The first-order chi connectivity index (χ1) is 9.58. The summed E-state index contributed by atoms with van der Waals surface area (Å²) in [6.07, 6.45) is 1.39. The molecule has 100 valence electrons. The number of carbonyl (C=O) groups is 1. The smallest absolute Gasteiger partial charge is 0.337 e. The summed E-state index contributed by atoms with van der Waals surface area (Å²) in [7, 11) is 1.99. The number of aromatic nitrogens is 2. The van der Waals surface area contributed by atoms with Crippen LogP contribution >= 0.6 is 0 Å². The summed E-state index contributed by atoms with van der Waals surface area (Å²) in [4.78, 5) is 15.1. The van der Waals surface area contributed by atoms with Gasteiger partial charge in [-0.05, 0) is 36.8 Å². The third-order valence-electron chi connectivity index (χ3n) is 3.58. The van der Waals surface area contributed by atoms with Crippen LogP contribution in [0.5, 0.6) is 0 Å². The van der Waals surface area contributed by atoms with E-state index in [9.17, 15) is 4.79 Å². The third kappa shape index (κ3) is 1.86. The van der Waals surface area contributed by atoms with Gasteiger partial charge in [0, 0.05) is 24.1 Å². The Morgan fingerprint density at radius 3 is 2.65 bits per heavy atom. The minimum Gasteiger partial charge on any atom is -0.478 e. The van der Waals surface area contributed by atoms with Crippen LogP contribution in [-0.4, -0.2) is 20.6 Å². The van der Waals surface area contributed by atoms with Crippen molar-refractivity contribution in [3.8, 4) is 11.4 Å². The molecule has 3 rings (SSSR count). The molecule has 2 aromatic heterocycles. The molecule has 4 heteroatoms. The second kappa shape index (κ2) is 4.49.